The minimum absolute atomic E-state index is 0.185. The SMILES string of the molecule is CC(CCO)SCc1ccc(F)c(C#CCO)c1. The van der Waals surface area contributed by atoms with E-state index in [2.05, 4.69) is 18.8 Å². The van der Waals surface area contributed by atoms with Crippen LogP contribution in [-0.4, -0.2) is 28.7 Å². The van der Waals surface area contributed by atoms with Gasteiger partial charge in [-0.05, 0) is 24.1 Å². The van der Waals surface area contributed by atoms with E-state index in [9.17, 15) is 4.39 Å². The van der Waals surface area contributed by atoms with Gasteiger partial charge >= 0.3 is 0 Å². The lowest BCUT2D eigenvalue weighted by Gasteiger charge is -2.09. The molecule has 4 heteroatoms. The number of aliphatic hydroxyl groups excluding tert-OH is 2. The van der Waals surface area contributed by atoms with E-state index in [1.807, 2.05) is 0 Å². The summed E-state index contributed by atoms with van der Waals surface area (Å²) in [7, 11) is 0. The average molecular weight is 268 g/mol. The topological polar surface area (TPSA) is 40.5 Å². The molecule has 1 aromatic rings. The van der Waals surface area contributed by atoms with Crippen molar-refractivity contribution in [1.29, 1.82) is 0 Å². The minimum Gasteiger partial charge on any atom is -0.396 e. The van der Waals surface area contributed by atoms with Gasteiger partial charge in [0.25, 0.3) is 0 Å². The Morgan fingerprint density at radius 2 is 2.17 bits per heavy atom. The van der Waals surface area contributed by atoms with Crippen molar-refractivity contribution < 1.29 is 14.6 Å². The summed E-state index contributed by atoms with van der Waals surface area (Å²) in [4.78, 5) is 0. The zero-order chi connectivity index (χ0) is 13.4. The third-order valence-electron chi connectivity index (χ3n) is 2.40. The molecule has 0 fully saturated rings. The summed E-state index contributed by atoms with van der Waals surface area (Å²) in [6.07, 6.45) is 0.753. The molecular formula is C14H17FO2S. The van der Waals surface area contributed by atoms with E-state index in [4.69, 9.17) is 10.2 Å². The van der Waals surface area contributed by atoms with Crippen LogP contribution in [0.15, 0.2) is 18.2 Å². The van der Waals surface area contributed by atoms with Gasteiger partial charge in [-0.1, -0.05) is 24.8 Å². The molecule has 0 spiro atoms. The maximum atomic E-state index is 13.4. The highest BCUT2D eigenvalue weighted by molar-refractivity contribution is 7.99. The molecule has 2 N–H and O–H groups in total. The van der Waals surface area contributed by atoms with Crippen LogP contribution in [0.2, 0.25) is 0 Å². The van der Waals surface area contributed by atoms with Crippen molar-refractivity contribution in [3.8, 4) is 11.8 Å². The predicted molar refractivity (Wildman–Crippen MR) is 72.8 cm³/mol. The van der Waals surface area contributed by atoms with E-state index >= 15 is 0 Å². The molecule has 0 saturated heterocycles. The summed E-state index contributed by atoms with van der Waals surface area (Å²) in [6.45, 7) is 1.97. The number of aliphatic hydroxyl groups is 2. The zero-order valence-corrected chi connectivity index (χ0v) is 11.1. The molecule has 0 saturated carbocycles. The Hall–Kier alpha value is -1.02. The number of thioether (sulfide) groups is 1. The Labute approximate surface area is 111 Å². The lowest BCUT2D eigenvalue weighted by atomic mass is 10.1. The van der Waals surface area contributed by atoms with Crippen molar-refractivity contribution in [1.82, 2.24) is 0 Å². The summed E-state index contributed by atoms with van der Waals surface area (Å²) in [5.74, 6) is 5.43. The smallest absolute Gasteiger partial charge is 0.138 e. The fraction of sp³-hybridized carbons (Fsp3) is 0.429. The molecule has 1 rings (SSSR count). The Balaban J connectivity index is 2.67. The summed E-state index contributed by atoms with van der Waals surface area (Å²) in [6, 6.07) is 4.84. The molecule has 1 aromatic carbocycles. The van der Waals surface area contributed by atoms with Crippen molar-refractivity contribution in [2.75, 3.05) is 13.2 Å². The van der Waals surface area contributed by atoms with Gasteiger partial charge in [-0.15, -0.1) is 0 Å². The maximum absolute atomic E-state index is 13.4. The van der Waals surface area contributed by atoms with Crippen molar-refractivity contribution in [3.63, 3.8) is 0 Å². The molecule has 0 aromatic heterocycles. The molecular weight excluding hydrogens is 251 g/mol. The molecule has 0 amide bonds. The van der Waals surface area contributed by atoms with Crippen molar-refractivity contribution in [3.05, 3.63) is 35.1 Å². The van der Waals surface area contributed by atoms with Gasteiger partial charge in [-0.25, -0.2) is 4.39 Å². The minimum atomic E-state index is -0.367. The van der Waals surface area contributed by atoms with Gasteiger partial charge in [0.15, 0.2) is 0 Å². The van der Waals surface area contributed by atoms with E-state index in [0.717, 1.165) is 17.7 Å². The lowest BCUT2D eigenvalue weighted by Crippen LogP contribution is -2.00. The van der Waals surface area contributed by atoms with Gasteiger partial charge in [0.1, 0.15) is 12.4 Å². The molecule has 0 bridgehead atoms. The van der Waals surface area contributed by atoms with Crippen LogP contribution >= 0.6 is 11.8 Å². The first-order valence-electron chi connectivity index (χ1n) is 5.78. The summed E-state index contributed by atoms with van der Waals surface area (Å²) in [5, 5.41) is 17.8. The highest BCUT2D eigenvalue weighted by Crippen LogP contribution is 2.21. The van der Waals surface area contributed by atoms with E-state index in [0.29, 0.717) is 10.8 Å². The quantitative estimate of drug-likeness (QED) is 0.804. The molecule has 0 aliphatic carbocycles. The summed E-state index contributed by atoms with van der Waals surface area (Å²) >= 11 is 1.71. The Kier molecular flexibility index (Phi) is 6.81. The van der Waals surface area contributed by atoms with Crippen molar-refractivity contribution in [2.24, 2.45) is 0 Å². The summed E-state index contributed by atoms with van der Waals surface area (Å²) in [5.41, 5.74) is 1.31. The second-order valence-electron chi connectivity index (χ2n) is 3.91. The monoisotopic (exact) mass is 268 g/mol. The van der Waals surface area contributed by atoms with Crippen LogP contribution in [-0.2, 0) is 5.75 Å². The Morgan fingerprint density at radius 1 is 1.39 bits per heavy atom. The van der Waals surface area contributed by atoms with Crippen LogP contribution in [0.4, 0.5) is 4.39 Å². The first-order chi connectivity index (χ1) is 8.67. The fourth-order valence-electron chi connectivity index (χ4n) is 1.40. The fourth-order valence-corrected chi connectivity index (χ4v) is 2.32. The second-order valence-corrected chi connectivity index (χ2v) is 5.33. The molecule has 98 valence electrons. The van der Waals surface area contributed by atoms with Gasteiger partial charge in [0.05, 0.1) is 5.56 Å². The van der Waals surface area contributed by atoms with Gasteiger partial charge in [0.2, 0.25) is 0 Å². The number of hydrogen-bond acceptors (Lipinski definition) is 3. The van der Waals surface area contributed by atoms with E-state index in [-0.39, 0.29) is 19.0 Å². The first-order valence-corrected chi connectivity index (χ1v) is 6.83. The van der Waals surface area contributed by atoms with Crippen LogP contribution in [0, 0.1) is 17.7 Å². The van der Waals surface area contributed by atoms with Crippen LogP contribution in [0.1, 0.15) is 24.5 Å². The number of hydrogen-bond donors (Lipinski definition) is 2. The molecule has 2 nitrogen and oxygen atoms in total. The number of benzene rings is 1. The van der Waals surface area contributed by atoms with E-state index < -0.39 is 0 Å². The van der Waals surface area contributed by atoms with Crippen LogP contribution in [0.25, 0.3) is 0 Å². The van der Waals surface area contributed by atoms with Gasteiger partial charge < -0.3 is 10.2 Å². The van der Waals surface area contributed by atoms with Gasteiger partial charge in [0, 0.05) is 17.6 Å². The lowest BCUT2D eigenvalue weighted by molar-refractivity contribution is 0.289. The molecule has 1 unspecified atom stereocenters. The second kappa shape index (κ2) is 8.15. The zero-order valence-electron chi connectivity index (χ0n) is 10.3. The number of halogens is 1. The third-order valence-corrected chi connectivity index (χ3v) is 3.71. The molecule has 1 atom stereocenters. The van der Waals surface area contributed by atoms with E-state index in [1.165, 1.54) is 6.07 Å². The molecule has 18 heavy (non-hydrogen) atoms. The molecule has 0 aliphatic heterocycles. The van der Waals surface area contributed by atoms with Gasteiger partial charge in [-0.3, -0.25) is 0 Å². The van der Waals surface area contributed by atoms with Crippen LogP contribution in [0.3, 0.4) is 0 Å². The van der Waals surface area contributed by atoms with E-state index in [1.54, 1.807) is 23.9 Å². The first kappa shape index (κ1) is 15.0. The predicted octanol–water partition coefficient (Wildman–Crippen LogP) is 2.17. The summed E-state index contributed by atoms with van der Waals surface area (Å²) < 4.78 is 13.4. The molecule has 0 heterocycles. The van der Waals surface area contributed by atoms with Crippen LogP contribution < -0.4 is 0 Å². The highest BCUT2D eigenvalue weighted by atomic mass is 32.2. The highest BCUT2D eigenvalue weighted by Gasteiger charge is 2.05. The third kappa shape index (κ3) is 5.09. The van der Waals surface area contributed by atoms with Gasteiger partial charge in [-0.2, -0.15) is 11.8 Å². The maximum Gasteiger partial charge on any atom is 0.138 e. The Morgan fingerprint density at radius 3 is 2.83 bits per heavy atom. The van der Waals surface area contributed by atoms with Crippen molar-refractivity contribution >= 4 is 11.8 Å². The number of rotatable bonds is 5. The normalized spacial score (nSPS) is 11.8. The van der Waals surface area contributed by atoms with Crippen molar-refractivity contribution in [2.45, 2.75) is 24.3 Å². The molecule has 0 radical (unpaired) electrons. The largest absolute Gasteiger partial charge is 0.396 e. The average Bonchev–Trinajstić information content (AvgIpc) is 2.36. The Bertz CT molecular complexity index is 437. The molecule has 0 aliphatic rings. The van der Waals surface area contributed by atoms with Crippen LogP contribution in [0.5, 0.6) is 0 Å². The standard InChI is InChI=1S/C14H17FO2S/c1-11(6-8-17)18-10-12-4-5-14(15)13(9-12)3-2-7-16/h4-5,9,11,16-17H,6-8,10H2,1H3.